The van der Waals surface area contributed by atoms with Gasteiger partial charge in [-0.2, -0.15) is 5.10 Å². The molecule has 0 atom stereocenters. The van der Waals surface area contributed by atoms with E-state index in [1.807, 2.05) is 38.1 Å². The van der Waals surface area contributed by atoms with Crippen LogP contribution in [-0.4, -0.2) is 15.3 Å². The van der Waals surface area contributed by atoms with Crippen LogP contribution in [0.5, 0.6) is 0 Å². The third-order valence-electron chi connectivity index (χ3n) is 2.45. The lowest BCUT2D eigenvalue weighted by molar-refractivity contribution is 1.02. The summed E-state index contributed by atoms with van der Waals surface area (Å²) in [6, 6.07) is 7.38. The van der Waals surface area contributed by atoms with Crippen LogP contribution in [0.2, 0.25) is 5.02 Å². The Morgan fingerprint density at radius 3 is 2.72 bits per heavy atom. The smallest absolute Gasteiger partial charge is 0.175 e. The number of thiocarbonyl (C=S) groups is 1. The summed E-state index contributed by atoms with van der Waals surface area (Å²) in [6.07, 6.45) is 0. The highest BCUT2D eigenvalue weighted by Crippen LogP contribution is 2.18. The van der Waals surface area contributed by atoms with Crippen molar-refractivity contribution in [1.29, 1.82) is 0 Å². The predicted molar refractivity (Wildman–Crippen MR) is 79.4 cm³/mol. The standard InChI is InChI=1S/C12H13ClN4S/c1-7-11(8(2)17-16-7)15-12(18)14-10-5-3-4-9(13)6-10/h3-6H,1-2H3,(H,16,17)(H2,14,15,18). The lowest BCUT2D eigenvalue weighted by atomic mass is 10.3. The van der Waals surface area contributed by atoms with Crippen LogP contribution in [0.3, 0.4) is 0 Å². The van der Waals surface area contributed by atoms with Crippen LogP contribution in [0.1, 0.15) is 11.4 Å². The van der Waals surface area contributed by atoms with Gasteiger partial charge >= 0.3 is 0 Å². The van der Waals surface area contributed by atoms with E-state index >= 15 is 0 Å². The number of rotatable bonds is 2. The van der Waals surface area contributed by atoms with Crippen molar-refractivity contribution < 1.29 is 0 Å². The topological polar surface area (TPSA) is 52.7 Å². The number of benzene rings is 1. The zero-order valence-electron chi connectivity index (χ0n) is 10.0. The van der Waals surface area contributed by atoms with Crippen LogP contribution < -0.4 is 10.6 Å². The minimum Gasteiger partial charge on any atom is -0.332 e. The van der Waals surface area contributed by atoms with Crippen LogP contribution in [0.25, 0.3) is 0 Å². The number of H-pyrrole nitrogens is 1. The second kappa shape index (κ2) is 5.37. The Hall–Kier alpha value is -1.59. The second-order valence-corrected chi connectivity index (χ2v) is 4.74. The molecule has 0 aliphatic carbocycles. The van der Waals surface area contributed by atoms with E-state index < -0.39 is 0 Å². The molecular formula is C12H13ClN4S. The summed E-state index contributed by atoms with van der Waals surface area (Å²) in [5.74, 6) is 0. The Morgan fingerprint density at radius 2 is 2.11 bits per heavy atom. The quantitative estimate of drug-likeness (QED) is 0.737. The summed E-state index contributed by atoms with van der Waals surface area (Å²) in [7, 11) is 0. The molecule has 1 aromatic heterocycles. The summed E-state index contributed by atoms with van der Waals surface area (Å²) >= 11 is 11.1. The first kappa shape index (κ1) is 12.9. The first-order chi connectivity index (χ1) is 8.56. The van der Waals surface area contributed by atoms with Gasteiger partial charge in [0.05, 0.1) is 17.1 Å². The zero-order chi connectivity index (χ0) is 13.1. The van der Waals surface area contributed by atoms with Crippen LogP contribution >= 0.6 is 23.8 Å². The van der Waals surface area contributed by atoms with Crippen LogP contribution in [0, 0.1) is 13.8 Å². The van der Waals surface area contributed by atoms with Crippen LogP contribution in [0.15, 0.2) is 24.3 Å². The summed E-state index contributed by atoms with van der Waals surface area (Å²) in [5, 5.41) is 14.3. The number of aryl methyl sites for hydroxylation is 2. The summed E-state index contributed by atoms with van der Waals surface area (Å²) < 4.78 is 0. The van der Waals surface area contributed by atoms with Crippen molar-refractivity contribution in [3.8, 4) is 0 Å². The summed E-state index contributed by atoms with van der Waals surface area (Å²) in [4.78, 5) is 0. The van der Waals surface area contributed by atoms with Gasteiger partial charge in [0, 0.05) is 10.7 Å². The van der Waals surface area contributed by atoms with E-state index in [0.717, 1.165) is 22.8 Å². The Morgan fingerprint density at radius 1 is 1.33 bits per heavy atom. The summed E-state index contributed by atoms with van der Waals surface area (Å²) in [5.41, 5.74) is 3.57. The molecule has 2 rings (SSSR count). The average molecular weight is 281 g/mol. The number of aromatic amines is 1. The average Bonchev–Trinajstić information content (AvgIpc) is 2.61. The molecule has 0 bridgehead atoms. The predicted octanol–water partition coefficient (Wildman–Crippen LogP) is 3.49. The normalized spacial score (nSPS) is 10.2. The molecule has 1 heterocycles. The fraction of sp³-hybridized carbons (Fsp3) is 0.167. The van der Waals surface area contributed by atoms with Gasteiger partial charge in [0.25, 0.3) is 0 Å². The number of nitrogens with zero attached hydrogens (tertiary/aromatic N) is 1. The highest BCUT2D eigenvalue weighted by Gasteiger charge is 2.07. The van der Waals surface area contributed by atoms with Crippen molar-refractivity contribution in [2.45, 2.75) is 13.8 Å². The number of aromatic nitrogens is 2. The molecule has 0 radical (unpaired) electrons. The molecule has 0 fully saturated rings. The first-order valence-corrected chi connectivity index (χ1v) is 6.20. The molecule has 0 aliphatic heterocycles. The van der Waals surface area contributed by atoms with Crippen molar-refractivity contribution in [2.24, 2.45) is 0 Å². The molecule has 3 N–H and O–H groups in total. The monoisotopic (exact) mass is 280 g/mol. The second-order valence-electron chi connectivity index (χ2n) is 3.90. The third-order valence-corrected chi connectivity index (χ3v) is 2.89. The van der Waals surface area contributed by atoms with Crippen molar-refractivity contribution in [3.05, 3.63) is 40.7 Å². The van der Waals surface area contributed by atoms with Gasteiger partial charge in [0.2, 0.25) is 0 Å². The molecule has 0 unspecified atom stereocenters. The Kier molecular flexibility index (Phi) is 3.84. The fourth-order valence-corrected chi connectivity index (χ4v) is 1.99. The van der Waals surface area contributed by atoms with E-state index in [4.69, 9.17) is 23.8 Å². The van der Waals surface area contributed by atoms with Crippen molar-refractivity contribution >= 4 is 40.3 Å². The van der Waals surface area contributed by atoms with Crippen molar-refractivity contribution in [2.75, 3.05) is 10.6 Å². The highest BCUT2D eigenvalue weighted by atomic mass is 35.5. The van der Waals surface area contributed by atoms with E-state index in [2.05, 4.69) is 20.8 Å². The maximum atomic E-state index is 5.90. The third kappa shape index (κ3) is 3.00. The number of hydrogen-bond acceptors (Lipinski definition) is 2. The molecule has 0 spiro atoms. The van der Waals surface area contributed by atoms with Gasteiger partial charge in [-0.15, -0.1) is 0 Å². The Balaban J connectivity index is 2.06. The highest BCUT2D eigenvalue weighted by molar-refractivity contribution is 7.80. The molecule has 2 aromatic rings. The van der Waals surface area contributed by atoms with E-state index in [9.17, 15) is 0 Å². The molecular weight excluding hydrogens is 268 g/mol. The van der Waals surface area contributed by atoms with Gasteiger partial charge in [0.1, 0.15) is 0 Å². The zero-order valence-corrected chi connectivity index (χ0v) is 11.6. The summed E-state index contributed by atoms with van der Waals surface area (Å²) in [6.45, 7) is 3.85. The minimum atomic E-state index is 0.505. The maximum Gasteiger partial charge on any atom is 0.175 e. The molecule has 4 nitrogen and oxygen atoms in total. The molecule has 94 valence electrons. The van der Waals surface area contributed by atoms with Crippen LogP contribution in [0.4, 0.5) is 11.4 Å². The van der Waals surface area contributed by atoms with Gasteiger partial charge in [-0.1, -0.05) is 17.7 Å². The Bertz CT molecular complexity index is 560. The lowest BCUT2D eigenvalue weighted by Gasteiger charge is -2.10. The van der Waals surface area contributed by atoms with Gasteiger partial charge < -0.3 is 10.6 Å². The van der Waals surface area contributed by atoms with E-state index in [1.54, 1.807) is 0 Å². The van der Waals surface area contributed by atoms with Crippen molar-refractivity contribution in [1.82, 2.24) is 10.2 Å². The molecule has 18 heavy (non-hydrogen) atoms. The minimum absolute atomic E-state index is 0.505. The fourth-order valence-electron chi connectivity index (χ4n) is 1.58. The van der Waals surface area contributed by atoms with Gasteiger partial charge in [-0.25, -0.2) is 0 Å². The number of halogens is 1. The molecule has 0 aliphatic rings. The molecule has 0 saturated carbocycles. The first-order valence-electron chi connectivity index (χ1n) is 5.41. The van der Waals surface area contributed by atoms with E-state index in [0.29, 0.717) is 10.1 Å². The largest absolute Gasteiger partial charge is 0.332 e. The van der Waals surface area contributed by atoms with E-state index in [-0.39, 0.29) is 0 Å². The Labute approximate surface area is 116 Å². The van der Waals surface area contributed by atoms with Crippen molar-refractivity contribution in [3.63, 3.8) is 0 Å². The maximum absolute atomic E-state index is 5.90. The number of hydrogen-bond donors (Lipinski definition) is 3. The SMILES string of the molecule is Cc1n[nH]c(C)c1NC(=S)Nc1cccc(Cl)c1. The number of nitrogens with one attached hydrogen (secondary N) is 3. The van der Waals surface area contributed by atoms with E-state index in [1.165, 1.54) is 0 Å². The van der Waals surface area contributed by atoms with Gasteiger partial charge in [-0.3, -0.25) is 5.10 Å². The van der Waals surface area contributed by atoms with Crippen LogP contribution in [-0.2, 0) is 0 Å². The van der Waals surface area contributed by atoms with Gasteiger partial charge in [-0.05, 0) is 44.3 Å². The molecule has 0 saturated heterocycles. The molecule has 0 amide bonds. The van der Waals surface area contributed by atoms with Gasteiger partial charge in [0.15, 0.2) is 5.11 Å². The number of anilines is 2. The molecule has 6 heteroatoms. The molecule has 1 aromatic carbocycles. The lowest BCUT2D eigenvalue weighted by Crippen LogP contribution is -2.19.